The SMILES string of the molecule is CC(=O)c1c(C)[nH]c(C(=O)COC(=O)c2cccc(C)c2C)c1C. The normalized spacial score (nSPS) is 10.5. The van der Waals surface area contributed by atoms with Gasteiger partial charge >= 0.3 is 5.97 Å². The van der Waals surface area contributed by atoms with Crippen LogP contribution in [0.15, 0.2) is 18.2 Å². The standard InChI is InChI=1S/C19H21NO4/c1-10-7-6-8-15(11(10)2)19(23)24-9-16(22)18-12(3)17(14(5)21)13(4)20-18/h6-8,20H,9H2,1-5H3. The third kappa shape index (κ3) is 3.30. The maximum Gasteiger partial charge on any atom is 0.338 e. The number of ketones is 2. The lowest BCUT2D eigenvalue weighted by Crippen LogP contribution is -2.16. The van der Waals surface area contributed by atoms with Gasteiger partial charge in [0.2, 0.25) is 5.78 Å². The molecular formula is C19H21NO4. The van der Waals surface area contributed by atoms with Crippen molar-refractivity contribution in [3.05, 3.63) is 57.4 Å². The van der Waals surface area contributed by atoms with E-state index in [0.717, 1.165) is 11.1 Å². The largest absolute Gasteiger partial charge is 0.454 e. The minimum atomic E-state index is -0.530. The number of aryl methyl sites for hydroxylation is 2. The smallest absolute Gasteiger partial charge is 0.338 e. The molecule has 0 aliphatic rings. The van der Waals surface area contributed by atoms with Crippen molar-refractivity contribution < 1.29 is 19.1 Å². The Morgan fingerprint density at radius 3 is 2.29 bits per heavy atom. The first-order valence-electron chi connectivity index (χ1n) is 7.70. The topological polar surface area (TPSA) is 76.2 Å². The van der Waals surface area contributed by atoms with E-state index in [0.29, 0.717) is 28.1 Å². The molecule has 0 aliphatic carbocycles. The zero-order valence-electron chi connectivity index (χ0n) is 14.6. The third-order valence-electron chi connectivity index (χ3n) is 4.23. The van der Waals surface area contributed by atoms with Crippen LogP contribution in [0, 0.1) is 27.7 Å². The molecule has 0 saturated heterocycles. The highest BCUT2D eigenvalue weighted by molar-refractivity contribution is 6.04. The summed E-state index contributed by atoms with van der Waals surface area (Å²) in [6.45, 7) is 8.28. The molecule has 1 N–H and O–H groups in total. The molecule has 2 rings (SSSR count). The molecule has 0 saturated carbocycles. The predicted molar refractivity (Wildman–Crippen MR) is 90.8 cm³/mol. The second kappa shape index (κ2) is 6.83. The van der Waals surface area contributed by atoms with Gasteiger partial charge in [-0.15, -0.1) is 0 Å². The number of carbonyl (C=O) groups excluding carboxylic acids is 3. The Morgan fingerprint density at radius 1 is 1.04 bits per heavy atom. The Hall–Kier alpha value is -2.69. The number of hydrogen-bond donors (Lipinski definition) is 1. The molecule has 0 atom stereocenters. The van der Waals surface area contributed by atoms with Crippen molar-refractivity contribution in [2.24, 2.45) is 0 Å². The molecular weight excluding hydrogens is 306 g/mol. The summed E-state index contributed by atoms with van der Waals surface area (Å²) in [6.07, 6.45) is 0. The Labute approximate surface area is 141 Å². The summed E-state index contributed by atoms with van der Waals surface area (Å²) < 4.78 is 5.15. The van der Waals surface area contributed by atoms with Gasteiger partial charge in [0.15, 0.2) is 12.4 Å². The Balaban J connectivity index is 2.14. The van der Waals surface area contributed by atoms with Crippen molar-refractivity contribution in [1.82, 2.24) is 4.98 Å². The highest BCUT2D eigenvalue weighted by atomic mass is 16.5. The lowest BCUT2D eigenvalue weighted by molar-refractivity contribution is 0.0472. The summed E-state index contributed by atoms with van der Waals surface area (Å²) in [5.74, 6) is -0.994. The van der Waals surface area contributed by atoms with Crippen LogP contribution in [0.1, 0.15) is 60.5 Å². The van der Waals surface area contributed by atoms with Crippen LogP contribution in [0.2, 0.25) is 0 Å². The molecule has 0 fully saturated rings. The first-order valence-corrected chi connectivity index (χ1v) is 7.70. The summed E-state index contributed by atoms with van der Waals surface area (Å²) in [7, 11) is 0. The third-order valence-corrected chi connectivity index (χ3v) is 4.23. The number of nitrogens with one attached hydrogen (secondary N) is 1. The van der Waals surface area contributed by atoms with E-state index in [1.807, 2.05) is 19.9 Å². The van der Waals surface area contributed by atoms with Crippen molar-refractivity contribution in [3.8, 4) is 0 Å². The molecule has 0 radical (unpaired) electrons. The molecule has 0 bridgehead atoms. The van der Waals surface area contributed by atoms with Crippen LogP contribution in [0.4, 0.5) is 0 Å². The molecule has 24 heavy (non-hydrogen) atoms. The number of H-pyrrole nitrogens is 1. The summed E-state index contributed by atoms with van der Waals surface area (Å²) in [5.41, 5.74) is 4.33. The van der Waals surface area contributed by atoms with Crippen LogP contribution in [0.3, 0.4) is 0 Å². The molecule has 126 valence electrons. The van der Waals surface area contributed by atoms with E-state index in [9.17, 15) is 14.4 Å². The molecule has 1 aromatic carbocycles. The zero-order valence-corrected chi connectivity index (χ0v) is 14.6. The highest BCUT2D eigenvalue weighted by Crippen LogP contribution is 2.19. The molecule has 0 aliphatic heterocycles. The van der Waals surface area contributed by atoms with Gasteiger partial charge in [0.05, 0.1) is 11.3 Å². The molecule has 2 aromatic rings. The van der Waals surface area contributed by atoms with Gasteiger partial charge in [0.25, 0.3) is 0 Å². The van der Waals surface area contributed by atoms with Gasteiger partial charge in [-0.05, 0) is 57.4 Å². The molecule has 0 unspecified atom stereocenters. The zero-order chi connectivity index (χ0) is 18.0. The average Bonchev–Trinajstić information content (AvgIpc) is 2.82. The first-order chi connectivity index (χ1) is 11.2. The van der Waals surface area contributed by atoms with Gasteiger partial charge in [0, 0.05) is 11.3 Å². The highest BCUT2D eigenvalue weighted by Gasteiger charge is 2.21. The number of rotatable bonds is 5. The Morgan fingerprint density at radius 2 is 1.71 bits per heavy atom. The molecule has 0 spiro atoms. The summed E-state index contributed by atoms with van der Waals surface area (Å²) >= 11 is 0. The number of ether oxygens (including phenoxy) is 1. The van der Waals surface area contributed by atoms with E-state index in [-0.39, 0.29) is 18.2 Å². The molecule has 1 heterocycles. The van der Waals surface area contributed by atoms with E-state index in [4.69, 9.17) is 4.74 Å². The fourth-order valence-corrected chi connectivity index (χ4v) is 2.81. The monoisotopic (exact) mass is 327 g/mol. The number of carbonyl (C=O) groups is 3. The van der Waals surface area contributed by atoms with Crippen molar-refractivity contribution in [2.75, 3.05) is 6.61 Å². The van der Waals surface area contributed by atoms with E-state index in [1.165, 1.54) is 6.92 Å². The number of esters is 1. The lowest BCUT2D eigenvalue weighted by atomic mass is 10.0. The van der Waals surface area contributed by atoms with Crippen LogP contribution in [-0.2, 0) is 4.74 Å². The van der Waals surface area contributed by atoms with E-state index >= 15 is 0 Å². The molecule has 0 amide bonds. The van der Waals surface area contributed by atoms with Crippen LogP contribution >= 0.6 is 0 Å². The fourth-order valence-electron chi connectivity index (χ4n) is 2.81. The number of Topliss-reactive ketones (excluding diaryl/α,β-unsaturated/α-hetero) is 2. The van der Waals surface area contributed by atoms with Crippen LogP contribution in [0.25, 0.3) is 0 Å². The number of hydrogen-bond acceptors (Lipinski definition) is 4. The predicted octanol–water partition coefficient (Wildman–Crippen LogP) is 3.49. The van der Waals surface area contributed by atoms with Crippen LogP contribution < -0.4 is 0 Å². The maximum atomic E-state index is 12.3. The van der Waals surface area contributed by atoms with Gasteiger partial charge in [-0.1, -0.05) is 12.1 Å². The second-order valence-electron chi connectivity index (χ2n) is 5.93. The fraction of sp³-hybridized carbons (Fsp3) is 0.316. The second-order valence-corrected chi connectivity index (χ2v) is 5.93. The van der Waals surface area contributed by atoms with Gasteiger partial charge in [-0.3, -0.25) is 9.59 Å². The van der Waals surface area contributed by atoms with E-state index in [1.54, 1.807) is 26.0 Å². The quantitative estimate of drug-likeness (QED) is 0.673. The molecule has 5 heteroatoms. The minimum Gasteiger partial charge on any atom is -0.454 e. The summed E-state index contributed by atoms with van der Waals surface area (Å²) in [6, 6.07) is 5.36. The first kappa shape index (κ1) is 17.7. The average molecular weight is 327 g/mol. The summed E-state index contributed by atoms with van der Waals surface area (Å²) in [5, 5.41) is 0. The Bertz CT molecular complexity index is 830. The maximum absolute atomic E-state index is 12.3. The lowest BCUT2D eigenvalue weighted by Gasteiger charge is -2.08. The van der Waals surface area contributed by atoms with Crippen LogP contribution in [-0.4, -0.2) is 29.1 Å². The van der Waals surface area contributed by atoms with Crippen molar-refractivity contribution in [1.29, 1.82) is 0 Å². The van der Waals surface area contributed by atoms with E-state index in [2.05, 4.69) is 4.98 Å². The number of aromatic amines is 1. The van der Waals surface area contributed by atoms with Crippen LogP contribution in [0.5, 0.6) is 0 Å². The van der Waals surface area contributed by atoms with Crippen molar-refractivity contribution >= 4 is 17.5 Å². The van der Waals surface area contributed by atoms with Crippen molar-refractivity contribution in [2.45, 2.75) is 34.6 Å². The van der Waals surface area contributed by atoms with E-state index < -0.39 is 5.97 Å². The van der Waals surface area contributed by atoms with Gasteiger partial charge in [-0.25, -0.2) is 4.79 Å². The van der Waals surface area contributed by atoms with Gasteiger partial charge in [0.1, 0.15) is 0 Å². The van der Waals surface area contributed by atoms with Crippen molar-refractivity contribution in [3.63, 3.8) is 0 Å². The van der Waals surface area contributed by atoms with Gasteiger partial charge in [-0.2, -0.15) is 0 Å². The molecule has 1 aromatic heterocycles. The number of benzene rings is 1. The minimum absolute atomic E-state index is 0.104. The molecule has 5 nitrogen and oxygen atoms in total. The summed E-state index contributed by atoms with van der Waals surface area (Å²) in [4.78, 5) is 39.0. The Kier molecular flexibility index (Phi) is 5.02. The van der Waals surface area contributed by atoms with Gasteiger partial charge < -0.3 is 9.72 Å². The number of aromatic nitrogens is 1.